The number of carbonyl (C=O) groups excluding carboxylic acids is 2. The van der Waals surface area contributed by atoms with E-state index in [-0.39, 0.29) is 17.9 Å². The number of likely N-dealkylation sites (tertiary alicyclic amines) is 1. The summed E-state index contributed by atoms with van der Waals surface area (Å²) in [5, 5.41) is 3.25. The molecule has 1 saturated heterocycles. The molecule has 4 nitrogen and oxygen atoms in total. The van der Waals surface area contributed by atoms with Crippen LogP contribution in [0.3, 0.4) is 0 Å². The van der Waals surface area contributed by atoms with Gasteiger partial charge in [0.15, 0.2) is 0 Å². The molecular formula is C19H26N2O2. The Morgan fingerprint density at radius 3 is 2.30 bits per heavy atom. The summed E-state index contributed by atoms with van der Waals surface area (Å²) in [6.07, 6.45) is 3.83. The van der Waals surface area contributed by atoms with E-state index in [2.05, 4.69) is 12.2 Å². The standard InChI is InChI=1S/C19H26N2O2/c1-14(16-8-9-16)20-18(23)19(17-6-4-3-5-7-17)10-12-21(13-11-19)15(2)22/h3-7,14,16H,8-13H2,1-2H3,(H,20,23). The van der Waals surface area contributed by atoms with E-state index in [4.69, 9.17) is 0 Å². The molecule has 1 aliphatic carbocycles. The Balaban J connectivity index is 1.82. The van der Waals surface area contributed by atoms with Crippen molar-refractivity contribution in [3.05, 3.63) is 35.9 Å². The van der Waals surface area contributed by atoms with Crippen molar-refractivity contribution in [2.24, 2.45) is 5.92 Å². The van der Waals surface area contributed by atoms with Gasteiger partial charge in [-0.3, -0.25) is 9.59 Å². The number of carbonyl (C=O) groups is 2. The van der Waals surface area contributed by atoms with E-state index in [0.29, 0.717) is 31.8 Å². The summed E-state index contributed by atoms with van der Waals surface area (Å²) < 4.78 is 0. The first-order chi connectivity index (χ1) is 11.0. The van der Waals surface area contributed by atoms with Gasteiger partial charge in [-0.2, -0.15) is 0 Å². The van der Waals surface area contributed by atoms with E-state index in [1.54, 1.807) is 6.92 Å². The lowest BCUT2D eigenvalue weighted by Crippen LogP contribution is -2.54. The molecule has 2 fully saturated rings. The summed E-state index contributed by atoms with van der Waals surface area (Å²) in [5.41, 5.74) is 0.569. The molecule has 0 spiro atoms. The molecule has 1 aromatic carbocycles. The molecule has 1 unspecified atom stereocenters. The third-order valence-corrected chi connectivity index (χ3v) is 5.51. The van der Waals surface area contributed by atoms with Gasteiger partial charge in [0.2, 0.25) is 11.8 Å². The lowest BCUT2D eigenvalue weighted by Gasteiger charge is -2.41. The third kappa shape index (κ3) is 3.26. The van der Waals surface area contributed by atoms with Crippen molar-refractivity contribution in [2.45, 2.75) is 51.0 Å². The highest BCUT2D eigenvalue weighted by molar-refractivity contribution is 5.89. The third-order valence-electron chi connectivity index (χ3n) is 5.51. The molecule has 2 amide bonds. The van der Waals surface area contributed by atoms with Gasteiger partial charge in [0.25, 0.3) is 0 Å². The molecule has 0 radical (unpaired) electrons. The number of piperidine rings is 1. The quantitative estimate of drug-likeness (QED) is 0.928. The van der Waals surface area contributed by atoms with Gasteiger partial charge < -0.3 is 10.2 Å². The Morgan fingerprint density at radius 2 is 1.78 bits per heavy atom. The van der Waals surface area contributed by atoms with Crippen LogP contribution < -0.4 is 5.32 Å². The summed E-state index contributed by atoms with van der Waals surface area (Å²) in [6, 6.07) is 10.3. The minimum absolute atomic E-state index is 0.0958. The van der Waals surface area contributed by atoms with Gasteiger partial charge in [-0.15, -0.1) is 0 Å². The van der Waals surface area contributed by atoms with Crippen LogP contribution in [0.2, 0.25) is 0 Å². The van der Waals surface area contributed by atoms with Crippen LogP contribution in [0.25, 0.3) is 0 Å². The molecule has 23 heavy (non-hydrogen) atoms. The van der Waals surface area contributed by atoms with Gasteiger partial charge >= 0.3 is 0 Å². The van der Waals surface area contributed by atoms with Crippen molar-refractivity contribution < 1.29 is 9.59 Å². The minimum Gasteiger partial charge on any atom is -0.353 e. The first-order valence-electron chi connectivity index (χ1n) is 8.65. The molecule has 4 heteroatoms. The molecule has 0 bridgehead atoms. The summed E-state index contributed by atoms with van der Waals surface area (Å²) in [7, 11) is 0. The van der Waals surface area contributed by atoms with E-state index >= 15 is 0 Å². The predicted molar refractivity (Wildman–Crippen MR) is 89.9 cm³/mol. The van der Waals surface area contributed by atoms with Crippen LogP contribution in [0.5, 0.6) is 0 Å². The highest BCUT2D eigenvalue weighted by Gasteiger charge is 2.44. The molecule has 124 valence electrons. The fourth-order valence-corrected chi connectivity index (χ4v) is 3.67. The van der Waals surface area contributed by atoms with Crippen LogP contribution in [0.15, 0.2) is 30.3 Å². The Hall–Kier alpha value is -1.84. The van der Waals surface area contributed by atoms with Crippen LogP contribution in [-0.2, 0) is 15.0 Å². The molecule has 2 aliphatic rings. The highest BCUT2D eigenvalue weighted by atomic mass is 16.2. The average Bonchev–Trinajstić information content (AvgIpc) is 3.40. The van der Waals surface area contributed by atoms with Crippen molar-refractivity contribution >= 4 is 11.8 Å². The minimum atomic E-state index is -0.504. The van der Waals surface area contributed by atoms with Crippen LogP contribution in [0.1, 0.15) is 45.1 Å². The fourth-order valence-electron chi connectivity index (χ4n) is 3.67. The lowest BCUT2D eigenvalue weighted by atomic mass is 9.71. The second kappa shape index (κ2) is 6.34. The molecule has 1 aromatic rings. The SMILES string of the molecule is CC(=O)N1CCC(C(=O)NC(C)C2CC2)(c2ccccc2)CC1. The Morgan fingerprint density at radius 1 is 1.17 bits per heavy atom. The Labute approximate surface area is 138 Å². The summed E-state index contributed by atoms with van der Waals surface area (Å²) in [4.78, 5) is 26.6. The van der Waals surface area contributed by atoms with E-state index in [1.165, 1.54) is 12.8 Å². The molecule has 3 rings (SSSR count). The maximum Gasteiger partial charge on any atom is 0.231 e. The van der Waals surface area contributed by atoms with Gasteiger partial charge in [0, 0.05) is 26.1 Å². The molecule has 1 atom stereocenters. The van der Waals surface area contributed by atoms with Crippen molar-refractivity contribution in [1.82, 2.24) is 10.2 Å². The van der Waals surface area contributed by atoms with Gasteiger partial charge in [0.1, 0.15) is 0 Å². The maximum atomic E-state index is 13.1. The van der Waals surface area contributed by atoms with Gasteiger partial charge in [-0.1, -0.05) is 30.3 Å². The largest absolute Gasteiger partial charge is 0.353 e. The Bertz CT molecular complexity index is 572. The maximum absolute atomic E-state index is 13.1. The van der Waals surface area contributed by atoms with Crippen molar-refractivity contribution in [1.29, 1.82) is 0 Å². The van der Waals surface area contributed by atoms with E-state index < -0.39 is 5.41 Å². The number of nitrogens with one attached hydrogen (secondary N) is 1. The summed E-state index contributed by atoms with van der Waals surface area (Å²) in [5.74, 6) is 0.869. The second-order valence-corrected chi connectivity index (χ2v) is 7.05. The zero-order valence-electron chi connectivity index (χ0n) is 14.0. The van der Waals surface area contributed by atoms with Gasteiger partial charge in [-0.05, 0) is 44.1 Å². The molecular weight excluding hydrogens is 288 g/mol. The highest BCUT2D eigenvalue weighted by Crippen LogP contribution is 2.38. The normalized spacial score (nSPS) is 21.6. The predicted octanol–water partition coefficient (Wildman–Crippen LogP) is 2.48. The van der Waals surface area contributed by atoms with Gasteiger partial charge in [0.05, 0.1) is 5.41 Å². The molecule has 1 N–H and O–H groups in total. The number of hydrogen-bond donors (Lipinski definition) is 1. The Kier molecular flexibility index (Phi) is 4.42. The van der Waals surface area contributed by atoms with Crippen LogP contribution in [-0.4, -0.2) is 35.8 Å². The average molecular weight is 314 g/mol. The number of amides is 2. The second-order valence-electron chi connectivity index (χ2n) is 7.05. The first-order valence-corrected chi connectivity index (χ1v) is 8.65. The van der Waals surface area contributed by atoms with E-state index in [0.717, 1.165) is 5.56 Å². The zero-order chi connectivity index (χ0) is 16.4. The molecule has 0 aromatic heterocycles. The van der Waals surface area contributed by atoms with E-state index in [1.807, 2.05) is 35.2 Å². The van der Waals surface area contributed by atoms with Crippen molar-refractivity contribution in [2.75, 3.05) is 13.1 Å². The van der Waals surface area contributed by atoms with E-state index in [9.17, 15) is 9.59 Å². The molecule has 1 aliphatic heterocycles. The van der Waals surface area contributed by atoms with Crippen LogP contribution in [0, 0.1) is 5.92 Å². The first kappa shape index (κ1) is 16.0. The topological polar surface area (TPSA) is 49.4 Å². The molecule has 1 saturated carbocycles. The number of benzene rings is 1. The monoisotopic (exact) mass is 314 g/mol. The zero-order valence-corrected chi connectivity index (χ0v) is 14.0. The number of nitrogens with zero attached hydrogens (tertiary/aromatic N) is 1. The summed E-state index contributed by atoms with van der Waals surface area (Å²) >= 11 is 0. The van der Waals surface area contributed by atoms with Gasteiger partial charge in [-0.25, -0.2) is 0 Å². The fraction of sp³-hybridized carbons (Fsp3) is 0.579. The molecule has 1 heterocycles. The number of hydrogen-bond acceptors (Lipinski definition) is 2. The van der Waals surface area contributed by atoms with Crippen LogP contribution in [0.4, 0.5) is 0 Å². The lowest BCUT2D eigenvalue weighted by molar-refractivity contribution is -0.135. The number of rotatable bonds is 4. The summed E-state index contributed by atoms with van der Waals surface area (Å²) in [6.45, 7) is 5.01. The van der Waals surface area contributed by atoms with Crippen molar-refractivity contribution in [3.63, 3.8) is 0 Å². The smallest absolute Gasteiger partial charge is 0.231 e. The van der Waals surface area contributed by atoms with Crippen LogP contribution >= 0.6 is 0 Å². The van der Waals surface area contributed by atoms with Crippen molar-refractivity contribution in [3.8, 4) is 0 Å².